The van der Waals surface area contributed by atoms with Crippen LogP contribution in [-0.2, 0) is 21.3 Å². The van der Waals surface area contributed by atoms with Crippen LogP contribution in [0.5, 0.6) is 0 Å². The van der Waals surface area contributed by atoms with E-state index >= 15 is 0 Å². The van der Waals surface area contributed by atoms with Crippen LogP contribution in [0, 0.1) is 0 Å². The van der Waals surface area contributed by atoms with Crippen molar-refractivity contribution in [2.45, 2.75) is 108 Å². The van der Waals surface area contributed by atoms with Gasteiger partial charge >= 0.3 is 29.6 Å². The van der Waals surface area contributed by atoms with Crippen LogP contribution in [0.15, 0.2) is 42.5 Å². The summed E-state index contributed by atoms with van der Waals surface area (Å²) < 4.78 is 30.8. The minimum absolute atomic E-state index is 0. The number of hydrogen-bond acceptors (Lipinski definition) is 4. The van der Waals surface area contributed by atoms with Gasteiger partial charge in [-0.15, -0.1) is 0 Å². The standard InChI is InChI=1S/C28H42O5S.Na/c29-28(30)27(34(31,32)33)23-14-12-10-8-6-4-2-1-3-5-7-9-11-13-18-24-20-17-21-25-19-15-16-22-26(24)25;/h15-17,19-22,27H,1-14,18,23H2,(H,29,30)(H,31,32,33);/q;+1/p-1. The number of unbranched alkanes of at least 4 members (excludes halogenated alkanes) is 13. The van der Waals surface area contributed by atoms with Crippen molar-refractivity contribution in [2.24, 2.45) is 0 Å². The minimum Gasteiger partial charge on any atom is -0.549 e. The summed E-state index contributed by atoms with van der Waals surface area (Å²) >= 11 is 0. The monoisotopic (exact) mass is 512 g/mol. The minimum atomic E-state index is -4.56. The number of carbonyl (C=O) groups is 1. The molecular formula is C28H41NaO5S. The van der Waals surface area contributed by atoms with Crippen molar-refractivity contribution in [1.29, 1.82) is 0 Å². The van der Waals surface area contributed by atoms with Crippen LogP contribution in [0.3, 0.4) is 0 Å². The zero-order valence-corrected chi connectivity index (χ0v) is 24.2. The third-order valence-corrected chi connectivity index (χ3v) is 7.81. The average Bonchev–Trinajstić information content (AvgIpc) is 2.80. The normalized spacial score (nSPS) is 12.4. The molecule has 1 N–H and O–H groups in total. The zero-order valence-electron chi connectivity index (χ0n) is 21.4. The van der Waals surface area contributed by atoms with Gasteiger partial charge in [0.2, 0.25) is 0 Å². The van der Waals surface area contributed by atoms with Gasteiger partial charge in [-0.3, -0.25) is 4.55 Å². The maximum absolute atomic E-state index is 11.0. The number of carboxylic acids is 1. The van der Waals surface area contributed by atoms with Gasteiger partial charge in [-0.1, -0.05) is 126 Å². The van der Waals surface area contributed by atoms with Crippen molar-refractivity contribution >= 4 is 26.9 Å². The summed E-state index contributed by atoms with van der Waals surface area (Å²) in [5.74, 6) is -1.72. The Bertz CT molecular complexity index is 955. The summed E-state index contributed by atoms with van der Waals surface area (Å²) in [4.78, 5) is 10.8. The second kappa shape index (κ2) is 18.3. The number of benzene rings is 2. The van der Waals surface area contributed by atoms with E-state index in [-0.39, 0.29) is 36.0 Å². The number of hydrogen-bond donors (Lipinski definition) is 1. The molecule has 0 spiro atoms. The zero-order chi connectivity index (χ0) is 24.7. The quantitative estimate of drug-likeness (QED) is 0.177. The van der Waals surface area contributed by atoms with Crippen LogP contribution >= 0.6 is 0 Å². The van der Waals surface area contributed by atoms with Gasteiger partial charge in [-0.05, 0) is 35.6 Å². The molecule has 5 nitrogen and oxygen atoms in total. The Kier molecular flexibility index (Phi) is 16.8. The van der Waals surface area contributed by atoms with Gasteiger partial charge in [0.25, 0.3) is 10.1 Å². The van der Waals surface area contributed by atoms with Crippen molar-refractivity contribution in [1.82, 2.24) is 0 Å². The van der Waals surface area contributed by atoms with Crippen LogP contribution in [0.4, 0.5) is 0 Å². The largest absolute Gasteiger partial charge is 1.00 e. The fourth-order valence-electron chi connectivity index (χ4n) is 4.67. The predicted octanol–water partition coefficient (Wildman–Crippen LogP) is 3.24. The number of carbonyl (C=O) groups excluding carboxylic acids is 1. The molecule has 0 aliphatic heterocycles. The molecule has 35 heavy (non-hydrogen) atoms. The Hall–Kier alpha value is -0.920. The van der Waals surface area contributed by atoms with Crippen LogP contribution in [0.2, 0.25) is 0 Å². The van der Waals surface area contributed by atoms with Crippen molar-refractivity contribution in [3.05, 3.63) is 48.0 Å². The van der Waals surface area contributed by atoms with E-state index in [4.69, 9.17) is 4.55 Å². The first kappa shape index (κ1) is 32.1. The Morgan fingerprint density at radius 2 is 1.17 bits per heavy atom. The Morgan fingerprint density at radius 1 is 0.714 bits per heavy atom. The van der Waals surface area contributed by atoms with Crippen LogP contribution in [-0.4, -0.2) is 24.2 Å². The van der Waals surface area contributed by atoms with E-state index in [1.165, 1.54) is 80.5 Å². The van der Waals surface area contributed by atoms with E-state index in [1.54, 1.807) is 0 Å². The predicted molar refractivity (Wildman–Crippen MR) is 137 cm³/mol. The van der Waals surface area contributed by atoms with Crippen LogP contribution < -0.4 is 34.7 Å². The van der Waals surface area contributed by atoms with Gasteiger partial charge in [-0.2, -0.15) is 8.42 Å². The van der Waals surface area contributed by atoms with Gasteiger partial charge < -0.3 is 9.90 Å². The van der Waals surface area contributed by atoms with Gasteiger partial charge in [-0.25, -0.2) is 0 Å². The molecule has 0 saturated heterocycles. The van der Waals surface area contributed by atoms with Gasteiger partial charge in [0.15, 0.2) is 0 Å². The third kappa shape index (κ3) is 13.3. The molecule has 0 radical (unpaired) electrons. The first-order valence-corrected chi connectivity index (χ1v) is 14.5. The van der Waals surface area contributed by atoms with Crippen molar-refractivity contribution in [3.63, 3.8) is 0 Å². The maximum atomic E-state index is 11.0. The molecule has 0 aliphatic rings. The molecular weight excluding hydrogens is 471 g/mol. The van der Waals surface area contributed by atoms with E-state index in [0.29, 0.717) is 6.42 Å². The van der Waals surface area contributed by atoms with E-state index in [1.807, 2.05) is 0 Å². The van der Waals surface area contributed by atoms with E-state index < -0.39 is 21.3 Å². The molecule has 190 valence electrons. The molecule has 1 atom stereocenters. The topological polar surface area (TPSA) is 94.5 Å². The van der Waals surface area contributed by atoms with Gasteiger partial charge in [0.1, 0.15) is 5.25 Å². The molecule has 0 aromatic heterocycles. The molecule has 2 aromatic carbocycles. The first-order valence-electron chi connectivity index (χ1n) is 13.0. The molecule has 0 aliphatic carbocycles. The molecule has 0 saturated carbocycles. The van der Waals surface area contributed by atoms with Gasteiger partial charge in [0, 0.05) is 0 Å². The van der Waals surface area contributed by atoms with E-state index in [0.717, 1.165) is 25.7 Å². The molecule has 0 heterocycles. The number of aliphatic carboxylic acids is 1. The first-order chi connectivity index (χ1) is 16.4. The molecule has 0 amide bonds. The summed E-state index contributed by atoms with van der Waals surface area (Å²) in [6.45, 7) is 0. The number of rotatable bonds is 19. The smallest absolute Gasteiger partial charge is 0.549 e. The molecule has 2 aromatic rings. The SMILES string of the molecule is O=C([O-])C(CCCCCCCCCCCCCCCCc1cccc2ccccc12)S(=O)(=O)O.[Na+]. The fourth-order valence-corrected chi connectivity index (χ4v) is 5.37. The number of carboxylic acid groups (broad SMARTS) is 1. The second-order valence-corrected chi connectivity index (χ2v) is 11.0. The number of fused-ring (bicyclic) bond motifs is 1. The summed E-state index contributed by atoms with van der Waals surface area (Å²) in [6.07, 6.45) is 17.2. The second-order valence-electron chi connectivity index (χ2n) is 9.45. The maximum Gasteiger partial charge on any atom is 1.00 e. The Labute approximate surface area is 234 Å². The fraction of sp³-hybridized carbons (Fsp3) is 0.607. The summed E-state index contributed by atoms with van der Waals surface area (Å²) in [5.41, 5.74) is 1.47. The van der Waals surface area contributed by atoms with E-state index in [9.17, 15) is 18.3 Å². The molecule has 7 heteroatoms. The van der Waals surface area contributed by atoms with Crippen molar-refractivity contribution in [2.75, 3.05) is 0 Å². The van der Waals surface area contributed by atoms with E-state index in [2.05, 4.69) is 42.5 Å². The van der Waals surface area contributed by atoms with Crippen LogP contribution in [0.25, 0.3) is 10.8 Å². The van der Waals surface area contributed by atoms with Crippen LogP contribution in [0.1, 0.15) is 102 Å². The van der Waals surface area contributed by atoms with Crippen molar-refractivity contribution < 1.29 is 52.4 Å². The Morgan fingerprint density at radius 3 is 1.69 bits per heavy atom. The molecule has 2 rings (SSSR count). The average molecular weight is 513 g/mol. The summed E-state index contributed by atoms with van der Waals surface area (Å²) in [7, 11) is -4.56. The molecule has 0 bridgehead atoms. The molecule has 1 unspecified atom stereocenters. The van der Waals surface area contributed by atoms with Crippen molar-refractivity contribution in [3.8, 4) is 0 Å². The summed E-state index contributed by atoms with van der Waals surface area (Å²) in [6, 6.07) is 15.3. The summed E-state index contributed by atoms with van der Waals surface area (Å²) in [5, 5.41) is 11.7. The third-order valence-electron chi connectivity index (χ3n) is 6.66. The molecule has 0 fully saturated rings. The number of aryl methyl sites for hydroxylation is 1. The Balaban J connectivity index is 0.00000612. The van der Waals surface area contributed by atoms with Gasteiger partial charge in [0.05, 0.1) is 5.97 Å².